The van der Waals surface area contributed by atoms with Gasteiger partial charge in [0.05, 0.1) is 6.54 Å². The van der Waals surface area contributed by atoms with Crippen LogP contribution in [0.15, 0.2) is 11.3 Å². The van der Waals surface area contributed by atoms with Crippen LogP contribution < -0.4 is 10.6 Å². The topological polar surface area (TPSA) is 70.4 Å². The van der Waals surface area contributed by atoms with Crippen molar-refractivity contribution in [1.29, 1.82) is 0 Å². The molecule has 1 fully saturated rings. The second-order valence-electron chi connectivity index (χ2n) is 6.83. The lowest BCUT2D eigenvalue weighted by Gasteiger charge is -2.22. The van der Waals surface area contributed by atoms with E-state index in [0.29, 0.717) is 18.0 Å². The van der Waals surface area contributed by atoms with E-state index in [1.807, 2.05) is 0 Å². The minimum absolute atomic E-state index is 0.450. The number of likely N-dealkylation sites (tertiary alicyclic amines) is 1. The van der Waals surface area contributed by atoms with Gasteiger partial charge in [-0.3, -0.25) is 9.89 Å². The van der Waals surface area contributed by atoms with Crippen LogP contribution >= 0.6 is 0 Å². The normalized spacial score (nSPS) is 22.3. The zero-order chi connectivity index (χ0) is 17.5. The van der Waals surface area contributed by atoms with Gasteiger partial charge in [-0.1, -0.05) is 13.8 Å². The molecule has 2 heterocycles. The summed E-state index contributed by atoms with van der Waals surface area (Å²) >= 11 is 0. The minimum atomic E-state index is 0.450. The molecule has 2 rings (SSSR count). The highest BCUT2D eigenvalue weighted by Crippen LogP contribution is 2.18. The highest BCUT2D eigenvalue weighted by Gasteiger charge is 2.31. The fourth-order valence-corrected chi connectivity index (χ4v) is 3.12. The van der Waals surface area contributed by atoms with Crippen LogP contribution in [-0.4, -0.2) is 63.9 Å². The number of aromatic nitrogens is 3. The van der Waals surface area contributed by atoms with E-state index in [0.717, 1.165) is 50.9 Å². The molecule has 0 amide bonds. The van der Waals surface area contributed by atoms with Gasteiger partial charge in [0, 0.05) is 44.7 Å². The summed E-state index contributed by atoms with van der Waals surface area (Å²) in [5, 5.41) is 15.1. The van der Waals surface area contributed by atoms with Crippen molar-refractivity contribution in [1.82, 2.24) is 30.3 Å². The summed E-state index contributed by atoms with van der Waals surface area (Å²) in [5.74, 6) is 2.55. The Morgan fingerprint density at radius 1 is 1.38 bits per heavy atom. The van der Waals surface area contributed by atoms with Crippen molar-refractivity contribution in [2.45, 2.75) is 59.7 Å². The largest absolute Gasteiger partial charge is 0.357 e. The van der Waals surface area contributed by atoms with E-state index in [-0.39, 0.29) is 0 Å². The van der Waals surface area contributed by atoms with Crippen LogP contribution in [0.5, 0.6) is 0 Å². The Morgan fingerprint density at radius 3 is 2.79 bits per heavy atom. The average Bonchev–Trinajstić information content (AvgIpc) is 3.14. The Morgan fingerprint density at radius 2 is 2.17 bits per heavy atom. The number of rotatable bonds is 7. The molecule has 2 N–H and O–H groups in total. The molecule has 2 atom stereocenters. The third-order valence-corrected chi connectivity index (χ3v) is 4.66. The monoisotopic (exact) mass is 335 g/mol. The lowest BCUT2D eigenvalue weighted by atomic mass is 10.1. The van der Waals surface area contributed by atoms with Gasteiger partial charge in [-0.05, 0) is 26.7 Å². The fraction of sp³-hybridized carbons (Fsp3) is 0.824. The van der Waals surface area contributed by atoms with Crippen LogP contribution in [0.3, 0.4) is 0 Å². The van der Waals surface area contributed by atoms with Gasteiger partial charge in [0.2, 0.25) is 0 Å². The molecule has 7 heteroatoms. The Bertz CT molecular complexity index is 523. The van der Waals surface area contributed by atoms with Gasteiger partial charge in [-0.15, -0.1) is 10.2 Å². The molecule has 1 aromatic rings. The van der Waals surface area contributed by atoms with Gasteiger partial charge in [0.1, 0.15) is 12.2 Å². The first-order valence-corrected chi connectivity index (χ1v) is 9.20. The highest BCUT2D eigenvalue weighted by atomic mass is 15.3. The first kappa shape index (κ1) is 18.7. The first-order chi connectivity index (χ1) is 11.5. The van der Waals surface area contributed by atoms with Crippen LogP contribution in [0.1, 0.15) is 40.4 Å². The van der Waals surface area contributed by atoms with Gasteiger partial charge in [-0.2, -0.15) is 0 Å². The fourth-order valence-electron chi connectivity index (χ4n) is 3.12. The molecule has 0 saturated carbocycles. The predicted octanol–water partition coefficient (Wildman–Crippen LogP) is 1.12. The van der Waals surface area contributed by atoms with Gasteiger partial charge < -0.3 is 15.2 Å². The predicted molar refractivity (Wildman–Crippen MR) is 98.2 cm³/mol. The summed E-state index contributed by atoms with van der Waals surface area (Å²) in [4.78, 5) is 7.26. The standard InChI is InChI=1S/C17H33N7/c1-6-16-22-20-12-23(16)9-8-19-17(18-7-2)21-15-11-24(13(3)4)10-14(15)5/h12-15H,6-11H2,1-5H3,(H2,18,19,21). The second kappa shape index (κ2) is 9.01. The van der Waals surface area contributed by atoms with E-state index in [2.05, 4.69) is 64.9 Å². The van der Waals surface area contributed by atoms with Crippen LogP contribution in [0.2, 0.25) is 0 Å². The zero-order valence-corrected chi connectivity index (χ0v) is 15.8. The zero-order valence-electron chi connectivity index (χ0n) is 15.8. The smallest absolute Gasteiger partial charge is 0.191 e. The van der Waals surface area contributed by atoms with Gasteiger partial charge in [-0.25, -0.2) is 0 Å². The number of hydrogen-bond acceptors (Lipinski definition) is 4. The Balaban J connectivity index is 1.91. The van der Waals surface area contributed by atoms with Gasteiger partial charge in [0.25, 0.3) is 0 Å². The van der Waals surface area contributed by atoms with Crippen LogP contribution in [0.25, 0.3) is 0 Å². The molecule has 1 saturated heterocycles. The maximum Gasteiger partial charge on any atom is 0.191 e. The number of nitrogens with zero attached hydrogens (tertiary/aromatic N) is 5. The van der Waals surface area contributed by atoms with E-state index >= 15 is 0 Å². The number of aryl methyl sites for hydroxylation is 1. The Hall–Kier alpha value is -1.63. The minimum Gasteiger partial charge on any atom is -0.357 e. The Labute approximate surface area is 145 Å². The molecular formula is C17H33N7. The Kier molecular flexibility index (Phi) is 7.02. The molecule has 1 aliphatic heterocycles. The third kappa shape index (κ3) is 4.93. The maximum absolute atomic E-state index is 4.73. The number of guanidine groups is 1. The van der Waals surface area contributed by atoms with Gasteiger partial charge in [0.15, 0.2) is 5.96 Å². The van der Waals surface area contributed by atoms with Crippen molar-refractivity contribution >= 4 is 5.96 Å². The molecule has 24 heavy (non-hydrogen) atoms. The van der Waals surface area contributed by atoms with Gasteiger partial charge >= 0.3 is 0 Å². The summed E-state index contributed by atoms with van der Waals surface area (Å²) in [7, 11) is 0. The van der Waals surface area contributed by atoms with E-state index in [9.17, 15) is 0 Å². The number of hydrogen-bond donors (Lipinski definition) is 2. The van der Waals surface area contributed by atoms with Crippen molar-refractivity contribution in [2.24, 2.45) is 10.9 Å². The summed E-state index contributed by atoms with van der Waals surface area (Å²) in [6.45, 7) is 15.7. The molecule has 2 unspecified atom stereocenters. The van der Waals surface area contributed by atoms with Crippen LogP contribution in [0.4, 0.5) is 0 Å². The summed E-state index contributed by atoms with van der Waals surface area (Å²) in [5.41, 5.74) is 0. The lowest BCUT2D eigenvalue weighted by molar-refractivity contribution is 0.265. The summed E-state index contributed by atoms with van der Waals surface area (Å²) in [6, 6.07) is 1.05. The van der Waals surface area contributed by atoms with E-state index in [4.69, 9.17) is 4.99 Å². The molecular weight excluding hydrogens is 302 g/mol. The molecule has 136 valence electrons. The van der Waals surface area contributed by atoms with Crippen molar-refractivity contribution in [2.75, 3.05) is 26.2 Å². The first-order valence-electron chi connectivity index (χ1n) is 9.20. The van der Waals surface area contributed by atoms with Crippen molar-refractivity contribution in [3.63, 3.8) is 0 Å². The molecule has 1 aromatic heterocycles. The number of aliphatic imine (C=N–C) groups is 1. The maximum atomic E-state index is 4.73. The molecule has 0 aliphatic carbocycles. The molecule has 0 aromatic carbocycles. The summed E-state index contributed by atoms with van der Waals surface area (Å²) < 4.78 is 2.08. The van der Waals surface area contributed by atoms with E-state index in [1.54, 1.807) is 6.33 Å². The van der Waals surface area contributed by atoms with Crippen molar-refractivity contribution in [3.8, 4) is 0 Å². The highest BCUT2D eigenvalue weighted by molar-refractivity contribution is 5.80. The van der Waals surface area contributed by atoms with Crippen LogP contribution in [-0.2, 0) is 13.0 Å². The molecule has 0 radical (unpaired) electrons. The lowest BCUT2D eigenvalue weighted by Crippen LogP contribution is -2.47. The molecule has 0 spiro atoms. The van der Waals surface area contributed by atoms with Crippen molar-refractivity contribution < 1.29 is 0 Å². The molecule has 1 aliphatic rings. The third-order valence-electron chi connectivity index (χ3n) is 4.66. The second-order valence-corrected chi connectivity index (χ2v) is 6.83. The van der Waals surface area contributed by atoms with E-state index < -0.39 is 0 Å². The number of nitrogens with one attached hydrogen (secondary N) is 2. The summed E-state index contributed by atoms with van der Waals surface area (Å²) in [6.07, 6.45) is 2.68. The molecule has 7 nitrogen and oxygen atoms in total. The quantitative estimate of drug-likeness (QED) is 0.577. The average molecular weight is 336 g/mol. The SMILES string of the molecule is CCNC(=NCCn1cnnc1CC)NC1CN(C(C)C)CC1C. The van der Waals surface area contributed by atoms with E-state index in [1.165, 1.54) is 0 Å². The molecule has 0 bridgehead atoms. The van der Waals surface area contributed by atoms with Crippen molar-refractivity contribution in [3.05, 3.63) is 12.2 Å². The van der Waals surface area contributed by atoms with Crippen LogP contribution in [0, 0.1) is 5.92 Å².